The van der Waals surface area contributed by atoms with Crippen LogP contribution < -0.4 is 0 Å². The molecule has 2 heterocycles. The molecule has 0 bridgehead atoms. The van der Waals surface area contributed by atoms with Crippen LogP contribution in [0.15, 0.2) is 51.0 Å². The van der Waals surface area contributed by atoms with Gasteiger partial charge in [0.1, 0.15) is 18.1 Å². The maximum atomic E-state index is 13.6. The molecule has 4 atom stereocenters. The summed E-state index contributed by atoms with van der Waals surface area (Å²) in [5, 5.41) is 18.3. The topological polar surface area (TPSA) is 142 Å². The van der Waals surface area contributed by atoms with Gasteiger partial charge in [-0.15, -0.1) is 0 Å². The van der Waals surface area contributed by atoms with E-state index in [0.717, 1.165) is 5.57 Å². The van der Waals surface area contributed by atoms with E-state index in [1.54, 1.807) is 19.1 Å². The van der Waals surface area contributed by atoms with E-state index in [1.807, 2.05) is 6.08 Å². The number of imide groups is 1. The number of Topliss-reactive ketones (excluding diaryl/α,β-unsaturated/α-hetero) is 1. The lowest BCUT2D eigenvalue weighted by Gasteiger charge is -2.41. The summed E-state index contributed by atoms with van der Waals surface area (Å²) in [5.41, 5.74) is 1.86. The minimum atomic E-state index is -0.873. The van der Waals surface area contributed by atoms with Crippen LogP contribution in [0, 0.1) is 17.8 Å². The van der Waals surface area contributed by atoms with Crippen LogP contribution in [-0.4, -0.2) is 51.0 Å². The van der Waals surface area contributed by atoms with Crippen LogP contribution in [0.3, 0.4) is 0 Å². The second-order valence-corrected chi connectivity index (χ2v) is 10.2. The number of ketones is 2. The average molecular weight is 508 g/mol. The molecule has 2 amide bonds. The maximum Gasteiger partial charge on any atom is 0.303 e. The van der Waals surface area contributed by atoms with Crippen molar-refractivity contribution in [2.75, 3.05) is 6.54 Å². The summed E-state index contributed by atoms with van der Waals surface area (Å²) in [6.07, 6.45) is 5.46. The van der Waals surface area contributed by atoms with Crippen molar-refractivity contribution in [1.29, 1.82) is 0 Å². The number of rotatable bonds is 8. The van der Waals surface area contributed by atoms with E-state index in [1.165, 1.54) is 11.0 Å². The number of hydrogen-bond acceptors (Lipinski definition) is 7. The van der Waals surface area contributed by atoms with E-state index >= 15 is 0 Å². The van der Waals surface area contributed by atoms with Gasteiger partial charge in [-0.25, -0.2) is 0 Å². The molecular formula is C28H29NO8. The predicted molar refractivity (Wildman–Crippen MR) is 129 cm³/mol. The fourth-order valence-electron chi connectivity index (χ4n) is 6.35. The third-order valence-corrected chi connectivity index (χ3v) is 8.05. The van der Waals surface area contributed by atoms with E-state index in [9.17, 15) is 29.1 Å². The molecule has 1 saturated heterocycles. The first-order valence-corrected chi connectivity index (χ1v) is 12.7. The molecule has 9 nitrogen and oxygen atoms in total. The van der Waals surface area contributed by atoms with E-state index in [4.69, 9.17) is 9.52 Å². The number of nitrogens with zero attached hydrogens (tertiary/aromatic N) is 1. The number of unbranched alkanes of at least 4 members (excludes halogenated alkanes) is 2. The lowest BCUT2D eigenvalue weighted by molar-refractivity contribution is -0.141. The Morgan fingerprint density at radius 2 is 1.86 bits per heavy atom. The third-order valence-electron chi connectivity index (χ3n) is 8.05. The number of carboxylic acids is 1. The summed E-state index contributed by atoms with van der Waals surface area (Å²) in [4.78, 5) is 65.2. The van der Waals surface area contributed by atoms with Crippen molar-refractivity contribution in [1.82, 2.24) is 4.90 Å². The van der Waals surface area contributed by atoms with Gasteiger partial charge in [0.2, 0.25) is 11.8 Å². The van der Waals surface area contributed by atoms with Gasteiger partial charge in [0.25, 0.3) is 0 Å². The number of aliphatic hydroxyl groups excluding tert-OH is 1. The summed E-state index contributed by atoms with van der Waals surface area (Å²) >= 11 is 0. The standard InChI is InChI=1S/C28H29NO8/c1-14-11-20(31)24-19(26(14)34)12-18-16(25(24)21-9-6-15(13-30)37-21)7-8-17-23(18)28(36)29(27(17)35)10-4-2-3-5-22(32)33/h6-7,9,11,17-18,23,25,30H,2-5,8,10,12-13H2,1H3,(H,32,33). The first-order chi connectivity index (χ1) is 17.7. The van der Waals surface area contributed by atoms with E-state index in [0.29, 0.717) is 53.9 Å². The molecule has 0 aromatic carbocycles. The molecule has 37 heavy (non-hydrogen) atoms. The Hall–Kier alpha value is -3.59. The smallest absolute Gasteiger partial charge is 0.303 e. The largest absolute Gasteiger partial charge is 0.481 e. The molecule has 1 aromatic rings. The zero-order valence-corrected chi connectivity index (χ0v) is 20.6. The number of likely N-dealkylation sites (tertiary alicyclic amines) is 1. The van der Waals surface area contributed by atoms with E-state index in [2.05, 4.69) is 0 Å². The van der Waals surface area contributed by atoms with Gasteiger partial charge in [-0.05, 0) is 56.7 Å². The molecule has 1 aromatic heterocycles. The molecule has 1 fully saturated rings. The van der Waals surface area contributed by atoms with Gasteiger partial charge in [-0.3, -0.25) is 28.9 Å². The fourth-order valence-corrected chi connectivity index (χ4v) is 6.35. The van der Waals surface area contributed by atoms with Crippen LogP contribution in [-0.2, 0) is 30.6 Å². The molecule has 0 saturated carbocycles. The van der Waals surface area contributed by atoms with Crippen molar-refractivity contribution in [3.63, 3.8) is 0 Å². The van der Waals surface area contributed by atoms with Crippen molar-refractivity contribution in [3.8, 4) is 0 Å². The van der Waals surface area contributed by atoms with Crippen LogP contribution in [0.25, 0.3) is 0 Å². The highest BCUT2D eigenvalue weighted by molar-refractivity contribution is 6.23. The van der Waals surface area contributed by atoms with Gasteiger partial charge in [-0.1, -0.05) is 18.1 Å². The lowest BCUT2D eigenvalue weighted by Crippen LogP contribution is -2.39. The van der Waals surface area contributed by atoms with Crippen molar-refractivity contribution in [2.45, 2.75) is 58.0 Å². The summed E-state index contributed by atoms with van der Waals surface area (Å²) < 4.78 is 5.84. The number of hydrogen-bond donors (Lipinski definition) is 2. The summed E-state index contributed by atoms with van der Waals surface area (Å²) in [6, 6.07) is 3.31. The van der Waals surface area contributed by atoms with E-state index < -0.39 is 29.6 Å². The van der Waals surface area contributed by atoms with Crippen molar-refractivity contribution >= 4 is 29.4 Å². The molecule has 0 radical (unpaired) electrons. The number of allylic oxidation sites excluding steroid dienone is 6. The van der Waals surface area contributed by atoms with E-state index in [-0.39, 0.29) is 49.4 Å². The van der Waals surface area contributed by atoms with Crippen LogP contribution in [0.4, 0.5) is 0 Å². The highest BCUT2D eigenvalue weighted by atomic mass is 16.4. The zero-order valence-electron chi connectivity index (χ0n) is 20.6. The predicted octanol–water partition coefficient (Wildman–Crippen LogP) is 2.85. The minimum Gasteiger partial charge on any atom is -0.481 e. The SMILES string of the molecule is CC1=CC(=O)C2=C(CC3C(=CCC4C(=O)N(CCCCCC(=O)O)C(=O)C43)C2c2ccc(CO)o2)C1=O. The Kier molecular flexibility index (Phi) is 6.58. The number of fused-ring (bicyclic) bond motifs is 3. The van der Waals surface area contributed by atoms with Crippen LogP contribution in [0.1, 0.15) is 62.9 Å². The van der Waals surface area contributed by atoms with Gasteiger partial charge in [0, 0.05) is 29.7 Å². The molecule has 3 aliphatic carbocycles. The lowest BCUT2D eigenvalue weighted by atomic mass is 9.60. The van der Waals surface area contributed by atoms with Crippen LogP contribution >= 0.6 is 0 Å². The fraction of sp³-hybridized carbons (Fsp3) is 0.464. The number of amides is 2. The first kappa shape index (κ1) is 25.1. The number of carboxylic acid groups (broad SMARTS) is 1. The highest BCUT2D eigenvalue weighted by Crippen LogP contribution is 2.55. The van der Waals surface area contributed by atoms with Crippen molar-refractivity contribution < 1.29 is 38.6 Å². The van der Waals surface area contributed by atoms with Crippen molar-refractivity contribution in [3.05, 3.63) is 58.1 Å². The molecule has 194 valence electrons. The van der Waals surface area contributed by atoms with Gasteiger partial charge in [-0.2, -0.15) is 0 Å². The summed E-state index contributed by atoms with van der Waals surface area (Å²) in [5.74, 6) is -3.39. The number of aliphatic hydroxyl groups is 1. The Morgan fingerprint density at radius 1 is 1.08 bits per heavy atom. The second-order valence-electron chi connectivity index (χ2n) is 10.2. The molecule has 4 unspecified atom stereocenters. The zero-order chi connectivity index (χ0) is 26.4. The Morgan fingerprint density at radius 3 is 2.57 bits per heavy atom. The molecule has 2 N–H and O–H groups in total. The summed E-state index contributed by atoms with van der Waals surface area (Å²) in [7, 11) is 0. The molecule has 0 spiro atoms. The minimum absolute atomic E-state index is 0.0483. The average Bonchev–Trinajstić information content (AvgIpc) is 3.44. The Bertz CT molecular complexity index is 1290. The first-order valence-electron chi connectivity index (χ1n) is 12.7. The van der Waals surface area contributed by atoms with Gasteiger partial charge in [0.15, 0.2) is 11.6 Å². The molecular weight excluding hydrogens is 478 g/mol. The number of carbonyl (C=O) groups excluding carboxylic acids is 4. The highest BCUT2D eigenvalue weighted by Gasteiger charge is 2.56. The Labute approximate surface area is 213 Å². The molecule has 5 rings (SSSR count). The quantitative estimate of drug-likeness (QED) is 0.237. The Balaban J connectivity index is 1.47. The molecule has 9 heteroatoms. The van der Waals surface area contributed by atoms with Crippen LogP contribution in [0.2, 0.25) is 0 Å². The van der Waals surface area contributed by atoms with Crippen LogP contribution in [0.5, 0.6) is 0 Å². The number of carbonyl (C=O) groups is 5. The van der Waals surface area contributed by atoms with Crippen molar-refractivity contribution in [2.24, 2.45) is 17.8 Å². The van der Waals surface area contributed by atoms with Gasteiger partial charge in [0.05, 0.1) is 17.8 Å². The second kappa shape index (κ2) is 9.70. The van der Waals surface area contributed by atoms with Gasteiger partial charge < -0.3 is 14.6 Å². The monoisotopic (exact) mass is 507 g/mol. The van der Waals surface area contributed by atoms with Gasteiger partial charge >= 0.3 is 5.97 Å². The molecule has 4 aliphatic rings. The summed E-state index contributed by atoms with van der Waals surface area (Å²) in [6.45, 7) is 1.52. The third kappa shape index (κ3) is 4.21. The number of furan rings is 1. The number of aliphatic carboxylic acids is 1. The maximum absolute atomic E-state index is 13.6. The molecule has 1 aliphatic heterocycles. The normalized spacial score (nSPS) is 27.1.